The van der Waals surface area contributed by atoms with Gasteiger partial charge >= 0.3 is 0 Å². The Bertz CT molecular complexity index is 592. The van der Waals surface area contributed by atoms with Gasteiger partial charge in [0.15, 0.2) is 0 Å². The fourth-order valence-corrected chi connectivity index (χ4v) is 3.33. The monoisotopic (exact) mass is 306 g/mol. The van der Waals surface area contributed by atoms with Crippen molar-refractivity contribution in [3.63, 3.8) is 0 Å². The molecule has 116 valence electrons. The van der Waals surface area contributed by atoms with E-state index in [-0.39, 0.29) is 11.5 Å². The standard InChI is InChI=1S/C16H26N4S/c1-6-11-8-13(20(7-2)19-11)12(17)9-15-18-14(10-21-15)16(3,4)5/h8,10,12H,6-7,9,17H2,1-5H3. The van der Waals surface area contributed by atoms with Gasteiger partial charge in [0.2, 0.25) is 0 Å². The molecule has 0 saturated heterocycles. The molecule has 0 radical (unpaired) electrons. The highest BCUT2D eigenvalue weighted by Crippen LogP contribution is 2.26. The summed E-state index contributed by atoms with van der Waals surface area (Å²) >= 11 is 1.70. The minimum Gasteiger partial charge on any atom is -0.322 e. The van der Waals surface area contributed by atoms with E-state index in [2.05, 4.69) is 51.2 Å². The van der Waals surface area contributed by atoms with Crippen molar-refractivity contribution in [3.8, 4) is 0 Å². The van der Waals surface area contributed by atoms with Crippen LogP contribution in [-0.4, -0.2) is 14.8 Å². The average Bonchev–Trinajstić information content (AvgIpc) is 3.03. The SMILES string of the molecule is CCc1cc(C(N)Cc2nc(C(C)(C)C)cs2)n(CC)n1. The van der Waals surface area contributed by atoms with E-state index in [9.17, 15) is 0 Å². The van der Waals surface area contributed by atoms with Crippen LogP contribution in [0.15, 0.2) is 11.4 Å². The van der Waals surface area contributed by atoms with Crippen LogP contribution in [0, 0.1) is 0 Å². The zero-order valence-electron chi connectivity index (χ0n) is 13.7. The molecule has 5 heteroatoms. The lowest BCUT2D eigenvalue weighted by molar-refractivity contribution is 0.555. The van der Waals surface area contributed by atoms with Crippen molar-refractivity contribution < 1.29 is 0 Å². The lowest BCUT2D eigenvalue weighted by Gasteiger charge is -2.15. The van der Waals surface area contributed by atoms with Gasteiger partial charge in [0.25, 0.3) is 0 Å². The van der Waals surface area contributed by atoms with Crippen LogP contribution in [0.1, 0.15) is 62.7 Å². The van der Waals surface area contributed by atoms with Crippen molar-refractivity contribution in [1.82, 2.24) is 14.8 Å². The van der Waals surface area contributed by atoms with Crippen molar-refractivity contribution in [2.45, 2.75) is 65.5 Å². The third kappa shape index (κ3) is 3.71. The van der Waals surface area contributed by atoms with Gasteiger partial charge in [-0.25, -0.2) is 4.98 Å². The summed E-state index contributed by atoms with van der Waals surface area (Å²) in [6.45, 7) is 11.6. The molecular weight excluding hydrogens is 280 g/mol. The first-order chi connectivity index (χ1) is 9.85. The molecule has 2 rings (SSSR count). The van der Waals surface area contributed by atoms with Crippen LogP contribution in [0.25, 0.3) is 0 Å². The minimum absolute atomic E-state index is 0.0447. The predicted molar refractivity (Wildman–Crippen MR) is 88.7 cm³/mol. The molecule has 0 aromatic carbocycles. The second-order valence-electron chi connectivity index (χ2n) is 6.42. The number of hydrogen-bond donors (Lipinski definition) is 1. The summed E-state index contributed by atoms with van der Waals surface area (Å²) in [6, 6.07) is 2.09. The zero-order valence-corrected chi connectivity index (χ0v) is 14.5. The predicted octanol–water partition coefficient (Wildman–Crippen LogP) is 3.46. The number of nitrogens with two attached hydrogens (primary N) is 1. The van der Waals surface area contributed by atoms with Gasteiger partial charge in [0.1, 0.15) is 0 Å². The highest BCUT2D eigenvalue weighted by Gasteiger charge is 2.20. The Balaban J connectivity index is 2.16. The smallest absolute Gasteiger partial charge is 0.0948 e. The Labute approximate surface area is 131 Å². The number of rotatable bonds is 5. The van der Waals surface area contributed by atoms with Crippen LogP contribution >= 0.6 is 11.3 Å². The van der Waals surface area contributed by atoms with Gasteiger partial charge in [-0.2, -0.15) is 5.10 Å². The first-order valence-corrected chi connectivity index (χ1v) is 8.50. The second kappa shape index (κ2) is 6.28. The zero-order chi connectivity index (χ0) is 15.6. The van der Waals surface area contributed by atoms with Crippen molar-refractivity contribution >= 4 is 11.3 Å². The van der Waals surface area contributed by atoms with Crippen LogP contribution in [0.4, 0.5) is 0 Å². The molecule has 2 heterocycles. The van der Waals surface area contributed by atoms with E-state index in [4.69, 9.17) is 10.7 Å². The van der Waals surface area contributed by atoms with Gasteiger partial charge in [-0.3, -0.25) is 4.68 Å². The fraction of sp³-hybridized carbons (Fsp3) is 0.625. The van der Waals surface area contributed by atoms with E-state index >= 15 is 0 Å². The first kappa shape index (κ1) is 16.2. The minimum atomic E-state index is -0.0447. The van der Waals surface area contributed by atoms with E-state index in [1.807, 2.05) is 4.68 Å². The summed E-state index contributed by atoms with van der Waals surface area (Å²) in [5.74, 6) is 0. The molecule has 0 saturated carbocycles. The normalized spacial score (nSPS) is 13.6. The maximum atomic E-state index is 6.40. The molecule has 1 unspecified atom stereocenters. The third-order valence-electron chi connectivity index (χ3n) is 3.62. The lowest BCUT2D eigenvalue weighted by Crippen LogP contribution is -2.18. The van der Waals surface area contributed by atoms with E-state index < -0.39 is 0 Å². The molecule has 21 heavy (non-hydrogen) atoms. The Kier molecular flexibility index (Phi) is 4.84. The third-order valence-corrected chi connectivity index (χ3v) is 4.49. The molecule has 2 aromatic rings. The van der Waals surface area contributed by atoms with E-state index in [1.165, 1.54) is 0 Å². The largest absolute Gasteiger partial charge is 0.322 e. The van der Waals surface area contributed by atoms with Crippen LogP contribution in [-0.2, 0) is 24.8 Å². The highest BCUT2D eigenvalue weighted by molar-refractivity contribution is 7.09. The van der Waals surface area contributed by atoms with Crippen LogP contribution in [0.2, 0.25) is 0 Å². The second-order valence-corrected chi connectivity index (χ2v) is 7.36. The number of aryl methyl sites for hydroxylation is 2. The van der Waals surface area contributed by atoms with E-state index in [1.54, 1.807) is 11.3 Å². The number of hydrogen-bond acceptors (Lipinski definition) is 4. The molecule has 4 nitrogen and oxygen atoms in total. The summed E-state index contributed by atoms with van der Waals surface area (Å²) in [5, 5.41) is 7.83. The molecule has 0 spiro atoms. The summed E-state index contributed by atoms with van der Waals surface area (Å²) in [6.07, 6.45) is 1.72. The van der Waals surface area contributed by atoms with Crippen molar-refractivity contribution in [2.75, 3.05) is 0 Å². The number of thiazole rings is 1. The quantitative estimate of drug-likeness (QED) is 0.920. The van der Waals surface area contributed by atoms with Crippen molar-refractivity contribution in [2.24, 2.45) is 5.73 Å². The van der Waals surface area contributed by atoms with Gasteiger partial charge < -0.3 is 5.73 Å². The van der Waals surface area contributed by atoms with Gasteiger partial charge in [0, 0.05) is 23.8 Å². The summed E-state index contributed by atoms with van der Waals surface area (Å²) in [7, 11) is 0. The maximum absolute atomic E-state index is 6.40. The van der Waals surface area contributed by atoms with Crippen LogP contribution in [0.3, 0.4) is 0 Å². The molecule has 1 atom stereocenters. The lowest BCUT2D eigenvalue weighted by atomic mass is 9.93. The molecule has 0 fully saturated rings. The highest BCUT2D eigenvalue weighted by atomic mass is 32.1. The van der Waals surface area contributed by atoms with Gasteiger partial charge in [0.05, 0.1) is 28.1 Å². The average molecular weight is 306 g/mol. The molecular formula is C16H26N4S. The number of aromatic nitrogens is 3. The summed E-state index contributed by atoms with van der Waals surface area (Å²) in [5.41, 5.74) is 9.86. The van der Waals surface area contributed by atoms with Crippen LogP contribution in [0.5, 0.6) is 0 Å². The molecule has 2 N–H and O–H groups in total. The Morgan fingerprint density at radius 2 is 2.05 bits per heavy atom. The van der Waals surface area contributed by atoms with Gasteiger partial charge in [-0.05, 0) is 19.4 Å². The van der Waals surface area contributed by atoms with E-state index in [0.717, 1.165) is 41.5 Å². The fourth-order valence-electron chi connectivity index (χ4n) is 2.25. The molecule has 0 bridgehead atoms. The number of nitrogens with zero attached hydrogens (tertiary/aromatic N) is 3. The van der Waals surface area contributed by atoms with Gasteiger partial charge in [-0.15, -0.1) is 11.3 Å². The molecule has 0 aliphatic carbocycles. The Hall–Kier alpha value is -1.20. The molecule has 0 amide bonds. The molecule has 2 aromatic heterocycles. The first-order valence-electron chi connectivity index (χ1n) is 7.62. The summed E-state index contributed by atoms with van der Waals surface area (Å²) in [4.78, 5) is 4.74. The van der Waals surface area contributed by atoms with Crippen LogP contribution < -0.4 is 5.73 Å². The summed E-state index contributed by atoms with van der Waals surface area (Å²) < 4.78 is 2.02. The molecule has 0 aliphatic heterocycles. The maximum Gasteiger partial charge on any atom is 0.0948 e. The van der Waals surface area contributed by atoms with E-state index in [0.29, 0.717) is 0 Å². The van der Waals surface area contributed by atoms with Gasteiger partial charge in [-0.1, -0.05) is 27.7 Å². The van der Waals surface area contributed by atoms with Crippen molar-refractivity contribution in [3.05, 3.63) is 33.5 Å². The molecule has 0 aliphatic rings. The topological polar surface area (TPSA) is 56.7 Å². The van der Waals surface area contributed by atoms with Crippen molar-refractivity contribution in [1.29, 1.82) is 0 Å². The Morgan fingerprint density at radius 3 is 2.57 bits per heavy atom. The Morgan fingerprint density at radius 1 is 1.33 bits per heavy atom.